The Balaban J connectivity index is 3.13. The molecule has 16 heavy (non-hydrogen) atoms. The van der Waals surface area contributed by atoms with Crippen LogP contribution in [0.1, 0.15) is 5.56 Å². The summed E-state index contributed by atoms with van der Waals surface area (Å²) in [5, 5.41) is 0.193. The van der Waals surface area contributed by atoms with Crippen molar-refractivity contribution >= 4 is 31.6 Å². The normalized spacial score (nSPS) is 11.4. The van der Waals surface area contributed by atoms with Crippen LogP contribution in [0, 0.1) is 5.82 Å². The van der Waals surface area contributed by atoms with Gasteiger partial charge in [-0.15, -0.1) is 0 Å². The first-order chi connectivity index (χ1) is 7.34. The van der Waals surface area contributed by atoms with Crippen molar-refractivity contribution in [2.75, 3.05) is 11.6 Å². The summed E-state index contributed by atoms with van der Waals surface area (Å²) in [6, 6.07) is 3.67. The summed E-state index contributed by atoms with van der Waals surface area (Å²) in [6.07, 6.45) is 1.02. The van der Waals surface area contributed by atoms with Gasteiger partial charge in [0.1, 0.15) is 16.5 Å². The number of Topliss-reactive ketones (excluding diaryl/α,β-unsaturated/α-hetero) is 1. The van der Waals surface area contributed by atoms with Gasteiger partial charge in [0.25, 0.3) is 0 Å². The van der Waals surface area contributed by atoms with Crippen LogP contribution in [0.5, 0.6) is 0 Å². The van der Waals surface area contributed by atoms with Gasteiger partial charge >= 0.3 is 0 Å². The van der Waals surface area contributed by atoms with E-state index < -0.39 is 15.7 Å². The van der Waals surface area contributed by atoms with Crippen LogP contribution in [0.15, 0.2) is 23.1 Å². The fourth-order valence-corrected chi connectivity index (χ4v) is 2.20. The van der Waals surface area contributed by atoms with E-state index in [1.165, 1.54) is 12.1 Å². The third-order valence-electron chi connectivity index (χ3n) is 1.95. The Morgan fingerprint density at radius 1 is 1.44 bits per heavy atom. The lowest BCUT2D eigenvalue weighted by atomic mass is 10.1. The first-order valence-electron chi connectivity index (χ1n) is 4.40. The number of hydrogen-bond donors (Lipinski definition) is 0. The standard InChI is InChI=1S/C10H10BrFO3S/c1-16(14,15)10-5-7(2-3-9(10)12)4-8(13)6-11/h2-3,5H,4,6H2,1H3. The number of halogens is 2. The molecule has 0 radical (unpaired) electrons. The van der Waals surface area contributed by atoms with E-state index in [1.54, 1.807) is 0 Å². The number of sulfone groups is 1. The topological polar surface area (TPSA) is 51.2 Å². The van der Waals surface area contributed by atoms with Crippen molar-refractivity contribution in [2.45, 2.75) is 11.3 Å². The molecule has 0 aliphatic carbocycles. The van der Waals surface area contributed by atoms with Crippen LogP contribution in [0.25, 0.3) is 0 Å². The molecule has 6 heteroatoms. The molecule has 0 fully saturated rings. The molecule has 1 rings (SSSR count). The van der Waals surface area contributed by atoms with E-state index in [-0.39, 0.29) is 22.4 Å². The molecule has 0 bridgehead atoms. The monoisotopic (exact) mass is 308 g/mol. The Labute approximate surface area is 102 Å². The van der Waals surface area contributed by atoms with Crippen LogP contribution in [-0.2, 0) is 21.1 Å². The molecule has 0 saturated heterocycles. The van der Waals surface area contributed by atoms with Gasteiger partial charge in [-0.2, -0.15) is 0 Å². The number of ketones is 1. The lowest BCUT2D eigenvalue weighted by Crippen LogP contribution is -2.06. The molecule has 1 aromatic rings. The van der Waals surface area contributed by atoms with E-state index >= 15 is 0 Å². The van der Waals surface area contributed by atoms with E-state index in [9.17, 15) is 17.6 Å². The smallest absolute Gasteiger partial charge is 0.178 e. The predicted octanol–water partition coefficient (Wildman–Crippen LogP) is 1.74. The summed E-state index contributed by atoms with van der Waals surface area (Å²) in [5.74, 6) is -0.886. The minimum absolute atomic E-state index is 0.0913. The number of benzene rings is 1. The Morgan fingerprint density at radius 2 is 2.06 bits per heavy atom. The average Bonchev–Trinajstić information content (AvgIpc) is 2.19. The summed E-state index contributed by atoms with van der Waals surface area (Å²) in [6.45, 7) is 0. The van der Waals surface area contributed by atoms with Gasteiger partial charge in [0.2, 0.25) is 0 Å². The van der Waals surface area contributed by atoms with E-state index in [1.807, 2.05) is 0 Å². The Morgan fingerprint density at radius 3 is 2.56 bits per heavy atom. The molecule has 88 valence electrons. The first-order valence-corrected chi connectivity index (χ1v) is 7.42. The lowest BCUT2D eigenvalue weighted by molar-refractivity contribution is -0.115. The molecule has 0 aliphatic heterocycles. The maximum atomic E-state index is 13.2. The Bertz CT molecular complexity index is 511. The van der Waals surface area contributed by atoms with Crippen LogP contribution >= 0.6 is 15.9 Å². The van der Waals surface area contributed by atoms with Gasteiger partial charge in [-0.1, -0.05) is 22.0 Å². The SMILES string of the molecule is CS(=O)(=O)c1cc(CC(=O)CBr)ccc1F. The average molecular weight is 309 g/mol. The van der Waals surface area contributed by atoms with Gasteiger partial charge in [0.15, 0.2) is 9.84 Å². The Hall–Kier alpha value is -0.750. The second-order valence-electron chi connectivity index (χ2n) is 3.39. The highest BCUT2D eigenvalue weighted by molar-refractivity contribution is 9.09. The molecule has 0 spiro atoms. The van der Waals surface area contributed by atoms with Gasteiger partial charge in [-0.05, 0) is 17.7 Å². The van der Waals surface area contributed by atoms with Crippen molar-refractivity contribution in [1.82, 2.24) is 0 Å². The molecule has 0 aliphatic rings. The maximum absolute atomic E-state index is 13.2. The zero-order valence-electron chi connectivity index (χ0n) is 8.54. The fourth-order valence-electron chi connectivity index (χ4n) is 1.22. The van der Waals surface area contributed by atoms with Gasteiger partial charge in [0.05, 0.1) is 5.33 Å². The first kappa shape index (κ1) is 13.3. The van der Waals surface area contributed by atoms with Gasteiger partial charge < -0.3 is 0 Å². The van der Waals surface area contributed by atoms with Gasteiger partial charge in [-0.25, -0.2) is 12.8 Å². The zero-order valence-corrected chi connectivity index (χ0v) is 10.9. The van der Waals surface area contributed by atoms with E-state index in [4.69, 9.17) is 0 Å². The van der Waals surface area contributed by atoms with Crippen LogP contribution in [-0.4, -0.2) is 25.8 Å². The number of carbonyl (C=O) groups excluding carboxylic acids is 1. The molecule has 0 N–H and O–H groups in total. The molecule has 0 saturated carbocycles. The second-order valence-corrected chi connectivity index (χ2v) is 5.93. The van der Waals surface area contributed by atoms with Crippen molar-refractivity contribution in [2.24, 2.45) is 0 Å². The van der Waals surface area contributed by atoms with Crippen LogP contribution in [0.2, 0.25) is 0 Å². The van der Waals surface area contributed by atoms with Crippen molar-refractivity contribution in [3.8, 4) is 0 Å². The molecular weight excluding hydrogens is 299 g/mol. The Kier molecular flexibility index (Phi) is 4.21. The number of rotatable bonds is 4. The molecule has 0 aromatic heterocycles. The minimum atomic E-state index is -3.60. The summed E-state index contributed by atoms with van der Waals surface area (Å²) >= 11 is 3.00. The summed E-state index contributed by atoms with van der Waals surface area (Å²) in [7, 11) is -3.60. The maximum Gasteiger partial charge on any atom is 0.178 e. The third kappa shape index (κ3) is 3.38. The van der Waals surface area contributed by atoms with Gasteiger partial charge in [0, 0.05) is 12.7 Å². The van der Waals surface area contributed by atoms with Crippen molar-refractivity contribution in [3.05, 3.63) is 29.6 Å². The van der Waals surface area contributed by atoms with E-state index in [0.717, 1.165) is 12.3 Å². The molecule has 0 amide bonds. The molecule has 0 unspecified atom stereocenters. The molecule has 0 atom stereocenters. The summed E-state index contributed by atoms with van der Waals surface area (Å²) in [4.78, 5) is 10.8. The van der Waals surface area contributed by atoms with Crippen LogP contribution in [0.3, 0.4) is 0 Å². The van der Waals surface area contributed by atoms with Gasteiger partial charge in [-0.3, -0.25) is 4.79 Å². The zero-order chi connectivity index (χ0) is 12.3. The highest BCUT2D eigenvalue weighted by Crippen LogP contribution is 2.16. The molecular formula is C10H10BrFO3S. The molecule has 3 nitrogen and oxygen atoms in total. The number of hydrogen-bond acceptors (Lipinski definition) is 3. The van der Waals surface area contributed by atoms with Crippen molar-refractivity contribution in [3.63, 3.8) is 0 Å². The third-order valence-corrected chi connectivity index (χ3v) is 3.68. The molecule has 1 aromatic carbocycles. The van der Waals surface area contributed by atoms with E-state index in [2.05, 4.69) is 15.9 Å². The highest BCUT2D eigenvalue weighted by atomic mass is 79.9. The number of alkyl halides is 1. The fraction of sp³-hybridized carbons (Fsp3) is 0.300. The van der Waals surface area contributed by atoms with E-state index in [0.29, 0.717) is 5.56 Å². The quantitative estimate of drug-likeness (QED) is 0.796. The van der Waals surface area contributed by atoms with Crippen LogP contribution in [0.4, 0.5) is 4.39 Å². The number of carbonyl (C=O) groups is 1. The van der Waals surface area contributed by atoms with Crippen molar-refractivity contribution in [1.29, 1.82) is 0 Å². The van der Waals surface area contributed by atoms with Crippen LogP contribution < -0.4 is 0 Å². The summed E-state index contributed by atoms with van der Waals surface area (Å²) in [5.41, 5.74) is 0.492. The highest BCUT2D eigenvalue weighted by Gasteiger charge is 2.14. The summed E-state index contributed by atoms with van der Waals surface area (Å²) < 4.78 is 35.7. The minimum Gasteiger partial charge on any atom is -0.298 e. The second kappa shape index (κ2) is 5.05. The predicted molar refractivity (Wildman–Crippen MR) is 62.0 cm³/mol. The lowest BCUT2D eigenvalue weighted by Gasteiger charge is -2.04. The largest absolute Gasteiger partial charge is 0.298 e. The molecule has 0 heterocycles. The van der Waals surface area contributed by atoms with Crippen molar-refractivity contribution < 1.29 is 17.6 Å².